The molecule has 1 aliphatic heterocycles. The second-order valence-electron chi connectivity index (χ2n) is 7.97. The van der Waals surface area contributed by atoms with Gasteiger partial charge >= 0.3 is 18.3 Å². The summed E-state index contributed by atoms with van der Waals surface area (Å²) in [6, 6.07) is 8.21. The van der Waals surface area contributed by atoms with E-state index in [-0.39, 0.29) is 17.2 Å². The minimum absolute atomic E-state index is 0.197. The van der Waals surface area contributed by atoms with Crippen molar-refractivity contribution < 1.29 is 41.0 Å². The summed E-state index contributed by atoms with van der Waals surface area (Å²) in [7, 11) is 1.32. The molecule has 2 aromatic rings. The quantitative estimate of drug-likeness (QED) is 0.413. The summed E-state index contributed by atoms with van der Waals surface area (Å²) >= 11 is 0.555. The molecule has 1 saturated heterocycles. The third kappa shape index (κ3) is 6.72. The van der Waals surface area contributed by atoms with Crippen LogP contribution in [0.4, 0.5) is 26.3 Å². The van der Waals surface area contributed by atoms with E-state index in [0.29, 0.717) is 37.7 Å². The van der Waals surface area contributed by atoms with Gasteiger partial charge in [-0.1, -0.05) is 42.1 Å². The molecular weight excluding hydrogens is 496 g/mol. The number of benzene rings is 2. The Hall–Kier alpha value is -2.66. The lowest BCUT2D eigenvalue weighted by molar-refractivity contribution is -0.163. The molecule has 0 amide bonds. The van der Waals surface area contributed by atoms with E-state index in [0.717, 1.165) is 18.2 Å². The van der Waals surface area contributed by atoms with Gasteiger partial charge in [-0.2, -0.15) is 26.3 Å². The molecular formula is C24H23F6NO3S. The van der Waals surface area contributed by atoms with Crippen molar-refractivity contribution in [2.45, 2.75) is 35.0 Å². The number of likely N-dealkylation sites (tertiary alicyclic amines) is 1. The van der Waals surface area contributed by atoms with E-state index in [1.165, 1.54) is 25.3 Å². The van der Waals surface area contributed by atoms with Gasteiger partial charge in [-0.25, -0.2) is 0 Å². The standard InChI is InChI=1S/C24H23F6NO3S/c1-34-17-6-2-3-7-18(17)35-19-9-8-15(20(23(25,26)27)21(19)24(28,29)30)5-4-12-31-13-10-16(11-14-31)22(32)33/h2-9,16H,10-14H2,1H3,(H,32,33)/b5-4+. The smallest absolute Gasteiger partial charge is 0.418 e. The van der Waals surface area contributed by atoms with Gasteiger partial charge in [-0.05, 0) is 49.7 Å². The summed E-state index contributed by atoms with van der Waals surface area (Å²) < 4.78 is 89.0. The first-order chi connectivity index (χ1) is 16.4. The lowest BCUT2D eigenvalue weighted by Gasteiger charge is -2.29. The van der Waals surface area contributed by atoms with Gasteiger partial charge < -0.3 is 9.84 Å². The molecule has 0 bridgehead atoms. The minimum atomic E-state index is -5.25. The van der Waals surface area contributed by atoms with E-state index in [2.05, 4.69) is 0 Å². The van der Waals surface area contributed by atoms with Crippen LogP contribution in [0.3, 0.4) is 0 Å². The third-order valence-corrected chi connectivity index (χ3v) is 6.77. The highest BCUT2D eigenvalue weighted by Crippen LogP contribution is 2.49. The van der Waals surface area contributed by atoms with Crippen LogP contribution in [0.25, 0.3) is 6.08 Å². The minimum Gasteiger partial charge on any atom is -0.496 e. The monoisotopic (exact) mass is 519 g/mol. The lowest BCUT2D eigenvalue weighted by atomic mass is 9.97. The predicted octanol–water partition coefficient (Wildman–Crippen LogP) is 6.69. The predicted molar refractivity (Wildman–Crippen MR) is 119 cm³/mol. The summed E-state index contributed by atoms with van der Waals surface area (Å²) in [5, 5.41) is 9.05. The molecule has 1 N–H and O–H groups in total. The number of methoxy groups -OCH3 is 1. The first-order valence-electron chi connectivity index (χ1n) is 10.7. The maximum absolute atomic E-state index is 14.0. The van der Waals surface area contributed by atoms with E-state index in [9.17, 15) is 31.1 Å². The number of ether oxygens (including phenoxy) is 1. The molecule has 1 fully saturated rings. The van der Waals surface area contributed by atoms with Crippen LogP contribution in [0.2, 0.25) is 0 Å². The Kier molecular flexibility index (Phi) is 8.42. The highest BCUT2D eigenvalue weighted by molar-refractivity contribution is 7.99. The number of alkyl halides is 6. The van der Waals surface area contributed by atoms with Crippen molar-refractivity contribution in [3.05, 3.63) is 59.2 Å². The number of carboxylic acids is 1. The van der Waals surface area contributed by atoms with Crippen LogP contribution >= 0.6 is 11.8 Å². The molecule has 2 aromatic carbocycles. The van der Waals surface area contributed by atoms with Crippen LogP contribution in [0.5, 0.6) is 5.75 Å². The van der Waals surface area contributed by atoms with Gasteiger partial charge in [0.05, 0.1) is 29.1 Å². The van der Waals surface area contributed by atoms with Crippen molar-refractivity contribution in [3.63, 3.8) is 0 Å². The summed E-state index contributed by atoms with van der Waals surface area (Å²) in [5.74, 6) is -1.11. The molecule has 3 rings (SSSR count). The van der Waals surface area contributed by atoms with Crippen molar-refractivity contribution in [1.82, 2.24) is 4.90 Å². The van der Waals surface area contributed by atoms with Crippen LogP contribution < -0.4 is 4.74 Å². The van der Waals surface area contributed by atoms with Gasteiger partial charge in [0.1, 0.15) is 5.75 Å². The molecule has 1 aliphatic rings. The number of carboxylic acid groups (broad SMARTS) is 1. The fraction of sp³-hybridized carbons (Fsp3) is 0.375. The Morgan fingerprint density at radius 3 is 2.23 bits per heavy atom. The molecule has 35 heavy (non-hydrogen) atoms. The maximum atomic E-state index is 14.0. The van der Waals surface area contributed by atoms with Crippen molar-refractivity contribution in [3.8, 4) is 5.75 Å². The molecule has 11 heteroatoms. The topological polar surface area (TPSA) is 49.8 Å². The third-order valence-electron chi connectivity index (χ3n) is 5.65. The fourth-order valence-corrected chi connectivity index (χ4v) is 5.01. The van der Waals surface area contributed by atoms with Crippen LogP contribution in [-0.4, -0.2) is 42.7 Å². The number of rotatable bonds is 7. The van der Waals surface area contributed by atoms with Gasteiger partial charge in [0, 0.05) is 11.4 Å². The maximum Gasteiger partial charge on any atom is 0.418 e. The Morgan fingerprint density at radius 1 is 1.03 bits per heavy atom. The number of aliphatic carboxylic acids is 1. The van der Waals surface area contributed by atoms with E-state index in [1.807, 2.05) is 4.90 Å². The fourth-order valence-electron chi connectivity index (χ4n) is 3.92. The Labute approximate surface area is 202 Å². The number of piperidine rings is 1. The lowest BCUT2D eigenvalue weighted by Crippen LogP contribution is -2.36. The normalized spacial score (nSPS) is 16.1. The summed E-state index contributed by atoms with van der Waals surface area (Å²) in [6.45, 7) is 1.08. The number of hydrogen-bond donors (Lipinski definition) is 1. The van der Waals surface area contributed by atoms with Gasteiger partial charge in [0.2, 0.25) is 0 Å². The van der Waals surface area contributed by atoms with E-state index >= 15 is 0 Å². The zero-order chi connectivity index (χ0) is 25.8. The zero-order valence-corrected chi connectivity index (χ0v) is 19.4. The Morgan fingerprint density at radius 2 is 1.66 bits per heavy atom. The van der Waals surface area contributed by atoms with Crippen LogP contribution in [0.1, 0.15) is 29.5 Å². The number of carbonyl (C=O) groups is 1. The first-order valence-corrected chi connectivity index (χ1v) is 11.5. The summed E-state index contributed by atoms with van der Waals surface area (Å²) in [5.41, 5.74) is -4.08. The largest absolute Gasteiger partial charge is 0.496 e. The van der Waals surface area contributed by atoms with Gasteiger partial charge in [0.25, 0.3) is 0 Å². The second-order valence-corrected chi connectivity index (χ2v) is 9.05. The van der Waals surface area contributed by atoms with Crippen LogP contribution in [0.15, 0.2) is 52.3 Å². The molecule has 0 atom stereocenters. The average molecular weight is 520 g/mol. The van der Waals surface area contributed by atoms with Crippen LogP contribution in [-0.2, 0) is 17.1 Å². The van der Waals surface area contributed by atoms with Gasteiger partial charge in [-0.3, -0.25) is 9.69 Å². The van der Waals surface area contributed by atoms with Gasteiger partial charge in [0.15, 0.2) is 0 Å². The highest BCUT2D eigenvalue weighted by Gasteiger charge is 2.46. The number of hydrogen-bond acceptors (Lipinski definition) is 4. The molecule has 0 unspecified atom stereocenters. The van der Waals surface area contributed by atoms with Crippen molar-refractivity contribution in [1.29, 1.82) is 0 Å². The molecule has 1 heterocycles. The van der Waals surface area contributed by atoms with Crippen molar-refractivity contribution in [2.24, 2.45) is 5.92 Å². The van der Waals surface area contributed by atoms with E-state index < -0.39 is 45.8 Å². The van der Waals surface area contributed by atoms with Crippen molar-refractivity contribution >= 4 is 23.8 Å². The number of para-hydroxylation sites is 1. The van der Waals surface area contributed by atoms with E-state index in [4.69, 9.17) is 9.84 Å². The molecule has 0 aliphatic carbocycles. The SMILES string of the molecule is COc1ccccc1Sc1ccc(/C=C/CN2CCC(C(=O)O)CC2)c(C(F)(F)F)c1C(F)(F)F. The van der Waals surface area contributed by atoms with E-state index in [1.54, 1.807) is 12.1 Å². The number of nitrogens with zero attached hydrogens (tertiary/aromatic N) is 1. The molecule has 0 spiro atoms. The second kappa shape index (κ2) is 10.9. The molecule has 190 valence electrons. The number of halogens is 6. The molecule has 0 radical (unpaired) electrons. The summed E-state index contributed by atoms with van der Waals surface area (Å²) in [4.78, 5) is 12.6. The van der Waals surface area contributed by atoms with Crippen LogP contribution in [0, 0.1) is 5.92 Å². The first kappa shape index (κ1) is 26.9. The van der Waals surface area contributed by atoms with Crippen molar-refractivity contribution in [2.75, 3.05) is 26.7 Å². The molecule has 0 saturated carbocycles. The highest BCUT2D eigenvalue weighted by atomic mass is 32.2. The molecule has 4 nitrogen and oxygen atoms in total. The van der Waals surface area contributed by atoms with Gasteiger partial charge in [-0.15, -0.1) is 0 Å². The average Bonchev–Trinajstić information content (AvgIpc) is 2.79. The Balaban J connectivity index is 1.94. The Bertz CT molecular complexity index is 1080. The molecule has 0 aromatic heterocycles. The summed E-state index contributed by atoms with van der Waals surface area (Å²) in [6.07, 6.45) is -7.27. The zero-order valence-electron chi connectivity index (χ0n) is 18.6.